The highest BCUT2D eigenvalue weighted by molar-refractivity contribution is 6.16. The first-order valence-electron chi connectivity index (χ1n) is 17.8. The molecule has 0 aliphatic heterocycles. The summed E-state index contributed by atoms with van der Waals surface area (Å²) in [6.45, 7) is 0. The second-order valence-corrected chi connectivity index (χ2v) is 13.4. The lowest BCUT2D eigenvalue weighted by Gasteiger charge is -2.27. The van der Waals surface area contributed by atoms with Crippen molar-refractivity contribution >= 4 is 60.5 Å². The molecule has 2 nitrogen and oxygen atoms in total. The van der Waals surface area contributed by atoms with E-state index in [-0.39, 0.29) is 0 Å². The highest BCUT2D eigenvalue weighted by Gasteiger charge is 2.21. The summed E-state index contributed by atoms with van der Waals surface area (Å²) in [5.74, 6) is 0. The van der Waals surface area contributed by atoms with Crippen LogP contribution < -0.4 is 4.90 Å². The third-order valence-electron chi connectivity index (χ3n) is 10.2. The Morgan fingerprint density at radius 2 is 0.904 bits per heavy atom. The van der Waals surface area contributed by atoms with Crippen molar-refractivity contribution in [2.45, 2.75) is 0 Å². The second-order valence-electron chi connectivity index (χ2n) is 13.4. The van der Waals surface area contributed by atoms with E-state index in [9.17, 15) is 0 Å². The fourth-order valence-electron chi connectivity index (χ4n) is 7.63. The Bertz CT molecular complexity index is 2890. The smallest absolute Gasteiger partial charge is 0.143 e. The molecule has 0 aliphatic carbocycles. The summed E-state index contributed by atoms with van der Waals surface area (Å²) in [4.78, 5) is 2.37. The van der Waals surface area contributed by atoms with Gasteiger partial charge in [0.25, 0.3) is 0 Å². The van der Waals surface area contributed by atoms with Crippen molar-refractivity contribution in [2.75, 3.05) is 4.90 Å². The zero-order valence-corrected chi connectivity index (χ0v) is 28.4. The molecule has 0 bridgehead atoms. The molecule has 10 aromatic rings. The Balaban J connectivity index is 1.08. The van der Waals surface area contributed by atoms with Crippen molar-refractivity contribution in [1.82, 2.24) is 0 Å². The van der Waals surface area contributed by atoms with Crippen molar-refractivity contribution in [3.8, 4) is 33.4 Å². The van der Waals surface area contributed by atoms with Crippen LogP contribution in [0.5, 0.6) is 0 Å². The normalized spacial score (nSPS) is 11.5. The van der Waals surface area contributed by atoms with Crippen LogP contribution in [0.1, 0.15) is 0 Å². The standard InChI is InChI=1S/C50H33NO/c1-2-12-39(13-3-1)45-16-8-17-46-49-47(18-9-19-48(49)52-50(45)46)51(44-31-28-35-11-5-7-15-41(35)33-44)43-29-26-37(27-30-43)36-20-22-38(23-21-36)42-25-24-34-10-4-6-14-40(34)32-42/h1-33H. The third-order valence-corrected chi connectivity index (χ3v) is 10.2. The lowest BCUT2D eigenvalue weighted by Crippen LogP contribution is -2.10. The van der Waals surface area contributed by atoms with Gasteiger partial charge in [0.05, 0.1) is 11.1 Å². The number of para-hydroxylation sites is 1. The number of fused-ring (bicyclic) bond motifs is 5. The van der Waals surface area contributed by atoms with Gasteiger partial charge in [0, 0.05) is 22.3 Å². The topological polar surface area (TPSA) is 16.4 Å². The molecule has 0 atom stereocenters. The van der Waals surface area contributed by atoms with E-state index in [1.807, 2.05) is 6.07 Å². The fourth-order valence-corrected chi connectivity index (χ4v) is 7.63. The first-order valence-corrected chi connectivity index (χ1v) is 17.8. The monoisotopic (exact) mass is 663 g/mol. The van der Waals surface area contributed by atoms with Crippen molar-refractivity contribution in [3.63, 3.8) is 0 Å². The first-order chi connectivity index (χ1) is 25.8. The molecule has 2 heteroatoms. The number of nitrogens with zero attached hydrogens (tertiary/aromatic N) is 1. The maximum absolute atomic E-state index is 6.68. The fraction of sp³-hybridized carbons (Fsp3) is 0. The molecule has 0 spiro atoms. The quantitative estimate of drug-likeness (QED) is 0.176. The molecule has 244 valence electrons. The number of hydrogen-bond acceptors (Lipinski definition) is 2. The molecule has 9 aromatic carbocycles. The molecular formula is C50H33NO. The van der Waals surface area contributed by atoms with E-state index in [4.69, 9.17) is 4.42 Å². The average molecular weight is 664 g/mol. The van der Waals surface area contributed by atoms with Crippen LogP contribution in [-0.4, -0.2) is 0 Å². The van der Waals surface area contributed by atoms with Crippen molar-refractivity contribution in [2.24, 2.45) is 0 Å². The minimum atomic E-state index is 0.866. The number of benzene rings is 9. The Kier molecular flexibility index (Phi) is 7.18. The average Bonchev–Trinajstić information content (AvgIpc) is 3.61. The molecular weight excluding hydrogens is 631 g/mol. The van der Waals surface area contributed by atoms with Crippen molar-refractivity contribution in [3.05, 3.63) is 200 Å². The van der Waals surface area contributed by atoms with Gasteiger partial charge in [-0.2, -0.15) is 0 Å². The van der Waals surface area contributed by atoms with Crippen LogP contribution in [0.3, 0.4) is 0 Å². The minimum Gasteiger partial charge on any atom is -0.455 e. The highest BCUT2D eigenvalue weighted by Crippen LogP contribution is 2.45. The van der Waals surface area contributed by atoms with Crippen molar-refractivity contribution < 1.29 is 4.42 Å². The summed E-state index contributed by atoms with van der Waals surface area (Å²) in [7, 11) is 0. The Hall–Kier alpha value is -6.90. The summed E-state index contributed by atoms with van der Waals surface area (Å²) < 4.78 is 6.68. The molecule has 0 unspecified atom stereocenters. The van der Waals surface area contributed by atoms with Crippen LogP contribution in [0.25, 0.3) is 76.9 Å². The SMILES string of the molecule is c1ccc(-c2cccc3c2oc2cccc(N(c4ccc(-c5ccc(-c6ccc7ccccc7c6)cc5)cc4)c4ccc5ccccc5c4)c23)cc1. The van der Waals surface area contributed by atoms with Gasteiger partial charge in [-0.25, -0.2) is 0 Å². The van der Waals surface area contributed by atoms with Crippen LogP contribution in [0.2, 0.25) is 0 Å². The van der Waals surface area contributed by atoms with E-state index in [0.29, 0.717) is 0 Å². The molecule has 0 amide bonds. The molecule has 1 heterocycles. The van der Waals surface area contributed by atoms with Gasteiger partial charge in [-0.1, -0.05) is 158 Å². The summed E-state index contributed by atoms with van der Waals surface area (Å²) in [6.07, 6.45) is 0. The van der Waals surface area contributed by atoms with E-state index >= 15 is 0 Å². The van der Waals surface area contributed by atoms with Crippen LogP contribution in [0.15, 0.2) is 205 Å². The maximum atomic E-state index is 6.68. The number of hydrogen-bond donors (Lipinski definition) is 0. The van der Waals surface area contributed by atoms with Gasteiger partial charge in [-0.3, -0.25) is 0 Å². The van der Waals surface area contributed by atoms with Gasteiger partial charge < -0.3 is 9.32 Å². The molecule has 0 fully saturated rings. The summed E-state index contributed by atoms with van der Waals surface area (Å²) in [5, 5.41) is 7.12. The molecule has 52 heavy (non-hydrogen) atoms. The van der Waals surface area contributed by atoms with Gasteiger partial charge in [-0.15, -0.1) is 0 Å². The zero-order valence-electron chi connectivity index (χ0n) is 28.4. The van der Waals surface area contributed by atoms with Crippen LogP contribution in [0, 0.1) is 0 Å². The third kappa shape index (κ3) is 5.21. The maximum Gasteiger partial charge on any atom is 0.143 e. The summed E-state index contributed by atoms with van der Waals surface area (Å²) in [6, 6.07) is 71.6. The molecule has 0 saturated heterocycles. The Morgan fingerprint density at radius 3 is 1.63 bits per heavy atom. The number of anilines is 3. The highest BCUT2D eigenvalue weighted by atomic mass is 16.3. The van der Waals surface area contributed by atoms with E-state index in [1.165, 1.54) is 43.8 Å². The Labute approximate surface area is 302 Å². The molecule has 0 N–H and O–H groups in total. The largest absolute Gasteiger partial charge is 0.455 e. The summed E-state index contributed by atoms with van der Waals surface area (Å²) >= 11 is 0. The van der Waals surface area contributed by atoms with E-state index in [0.717, 1.165) is 50.1 Å². The zero-order chi connectivity index (χ0) is 34.4. The van der Waals surface area contributed by atoms with Gasteiger partial charge in [0.2, 0.25) is 0 Å². The van der Waals surface area contributed by atoms with E-state index < -0.39 is 0 Å². The minimum absolute atomic E-state index is 0.866. The number of rotatable bonds is 6. The molecule has 0 aliphatic rings. The summed E-state index contributed by atoms with van der Waals surface area (Å²) in [5.41, 5.74) is 12.0. The van der Waals surface area contributed by atoms with Gasteiger partial charge >= 0.3 is 0 Å². The predicted octanol–water partition coefficient (Wildman–Crippen LogP) is 14.4. The first kappa shape index (κ1) is 30.0. The molecule has 0 radical (unpaired) electrons. The van der Waals surface area contributed by atoms with Crippen molar-refractivity contribution in [1.29, 1.82) is 0 Å². The number of furan rings is 1. The predicted molar refractivity (Wildman–Crippen MR) is 220 cm³/mol. The molecule has 10 rings (SSSR count). The van der Waals surface area contributed by atoms with Crippen LogP contribution in [0.4, 0.5) is 17.1 Å². The lowest BCUT2D eigenvalue weighted by molar-refractivity contribution is 0.670. The van der Waals surface area contributed by atoms with Gasteiger partial charge in [0.1, 0.15) is 11.2 Å². The van der Waals surface area contributed by atoms with Gasteiger partial charge in [0.15, 0.2) is 0 Å². The van der Waals surface area contributed by atoms with Gasteiger partial charge in [-0.05, 0) is 91.8 Å². The Morgan fingerprint density at radius 1 is 0.346 bits per heavy atom. The molecule has 0 saturated carbocycles. The van der Waals surface area contributed by atoms with Crippen LogP contribution >= 0.6 is 0 Å². The molecule has 1 aromatic heterocycles. The van der Waals surface area contributed by atoms with E-state index in [1.54, 1.807) is 0 Å². The van der Waals surface area contributed by atoms with Crippen LogP contribution in [-0.2, 0) is 0 Å². The second kappa shape index (κ2) is 12.5. The lowest BCUT2D eigenvalue weighted by atomic mass is 9.98. The van der Waals surface area contributed by atoms with E-state index in [2.05, 4.69) is 199 Å².